The normalized spacial score (nSPS) is 10.8. The van der Waals surface area contributed by atoms with Gasteiger partial charge in [0.15, 0.2) is 5.69 Å². The van der Waals surface area contributed by atoms with Gasteiger partial charge in [0.2, 0.25) is 0 Å². The number of carbonyl (C=O) groups excluding carboxylic acids is 1. The first kappa shape index (κ1) is 21.1. The van der Waals surface area contributed by atoms with Crippen LogP contribution in [0.1, 0.15) is 10.5 Å². The minimum absolute atomic E-state index is 0.146. The molecule has 2 heterocycles. The summed E-state index contributed by atoms with van der Waals surface area (Å²) in [6.45, 7) is 1.03. The molecule has 168 valence electrons. The molecule has 0 saturated carbocycles. The summed E-state index contributed by atoms with van der Waals surface area (Å²) in [6.07, 6.45) is 5.28. The molecule has 34 heavy (non-hydrogen) atoms. The van der Waals surface area contributed by atoms with Crippen molar-refractivity contribution < 1.29 is 9.53 Å². The van der Waals surface area contributed by atoms with Crippen LogP contribution in [0.25, 0.3) is 16.5 Å². The number of hydrogen-bond donors (Lipinski definition) is 1. The van der Waals surface area contributed by atoms with Crippen LogP contribution < -0.4 is 15.6 Å². The van der Waals surface area contributed by atoms with Crippen molar-refractivity contribution in [2.24, 2.45) is 0 Å². The van der Waals surface area contributed by atoms with Gasteiger partial charge in [-0.3, -0.25) is 9.59 Å². The third kappa shape index (κ3) is 4.29. The Morgan fingerprint density at radius 1 is 0.912 bits per heavy atom. The van der Waals surface area contributed by atoms with Gasteiger partial charge < -0.3 is 14.6 Å². The van der Waals surface area contributed by atoms with E-state index in [2.05, 4.69) is 15.4 Å². The molecule has 0 radical (unpaired) electrons. The zero-order valence-corrected chi connectivity index (χ0v) is 18.2. The van der Waals surface area contributed by atoms with Gasteiger partial charge in [-0.1, -0.05) is 48.5 Å². The van der Waals surface area contributed by atoms with E-state index >= 15 is 0 Å². The number of benzene rings is 3. The number of amides is 1. The van der Waals surface area contributed by atoms with Crippen LogP contribution >= 0.6 is 0 Å². The van der Waals surface area contributed by atoms with Crippen molar-refractivity contribution in [2.45, 2.75) is 6.54 Å². The van der Waals surface area contributed by atoms with Gasteiger partial charge in [-0.15, -0.1) is 0 Å². The van der Waals surface area contributed by atoms with E-state index in [0.29, 0.717) is 41.0 Å². The fourth-order valence-electron chi connectivity index (χ4n) is 3.66. The van der Waals surface area contributed by atoms with E-state index in [1.165, 1.54) is 4.68 Å². The van der Waals surface area contributed by atoms with Crippen molar-refractivity contribution in [2.75, 3.05) is 11.9 Å². The molecule has 0 spiro atoms. The SMILES string of the molecule is O=C(Nc1ccccc1OCCn1ccnc1)c1nn(-c2ccccc2)c(=O)c2ccccc12. The quantitative estimate of drug-likeness (QED) is 0.405. The topological polar surface area (TPSA) is 91.0 Å². The summed E-state index contributed by atoms with van der Waals surface area (Å²) in [5.41, 5.74) is 0.950. The van der Waals surface area contributed by atoms with Crippen LogP contribution in [-0.2, 0) is 6.54 Å². The second-order valence-electron chi connectivity index (χ2n) is 7.55. The van der Waals surface area contributed by atoms with Gasteiger partial charge in [-0.05, 0) is 30.3 Å². The predicted molar refractivity (Wildman–Crippen MR) is 129 cm³/mol. The first-order valence-electron chi connectivity index (χ1n) is 10.8. The lowest BCUT2D eigenvalue weighted by atomic mass is 10.1. The molecule has 0 bridgehead atoms. The monoisotopic (exact) mass is 451 g/mol. The molecule has 0 fully saturated rings. The van der Waals surface area contributed by atoms with E-state index in [1.807, 2.05) is 41.1 Å². The van der Waals surface area contributed by atoms with Gasteiger partial charge in [0, 0.05) is 17.8 Å². The Labute approximate surface area is 195 Å². The van der Waals surface area contributed by atoms with Crippen molar-refractivity contribution in [3.63, 3.8) is 0 Å². The highest BCUT2D eigenvalue weighted by Gasteiger charge is 2.18. The molecule has 1 N–H and O–H groups in total. The molecule has 0 atom stereocenters. The second-order valence-corrected chi connectivity index (χ2v) is 7.55. The highest BCUT2D eigenvalue weighted by Crippen LogP contribution is 2.25. The zero-order valence-electron chi connectivity index (χ0n) is 18.2. The number of anilines is 1. The molecule has 3 aromatic carbocycles. The average molecular weight is 451 g/mol. The Morgan fingerprint density at radius 2 is 1.65 bits per heavy atom. The third-order valence-electron chi connectivity index (χ3n) is 5.32. The van der Waals surface area contributed by atoms with Crippen LogP contribution in [0.15, 0.2) is 102 Å². The number of nitrogens with zero attached hydrogens (tertiary/aromatic N) is 4. The molecule has 0 aliphatic carbocycles. The molecule has 5 rings (SSSR count). The van der Waals surface area contributed by atoms with Crippen LogP contribution in [0.3, 0.4) is 0 Å². The van der Waals surface area contributed by atoms with Crippen LogP contribution in [0.2, 0.25) is 0 Å². The predicted octanol–water partition coefficient (Wildman–Crippen LogP) is 3.91. The van der Waals surface area contributed by atoms with Crippen molar-refractivity contribution in [3.8, 4) is 11.4 Å². The van der Waals surface area contributed by atoms with E-state index < -0.39 is 5.91 Å². The van der Waals surface area contributed by atoms with Gasteiger partial charge in [0.25, 0.3) is 11.5 Å². The van der Waals surface area contributed by atoms with Crippen molar-refractivity contribution in [3.05, 3.63) is 114 Å². The van der Waals surface area contributed by atoms with E-state index in [4.69, 9.17) is 4.74 Å². The van der Waals surface area contributed by atoms with E-state index in [1.54, 1.807) is 61.1 Å². The number of nitrogens with one attached hydrogen (secondary N) is 1. The largest absolute Gasteiger partial charge is 0.490 e. The number of rotatable bonds is 7. The van der Waals surface area contributed by atoms with Gasteiger partial charge in [0.1, 0.15) is 12.4 Å². The van der Waals surface area contributed by atoms with Gasteiger partial charge in [-0.2, -0.15) is 9.78 Å². The highest BCUT2D eigenvalue weighted by molar-refractivity contribution is 6.11. The second kappa shape index (κ2) is 9.41. The fraction of sp³-hybridized carbons (Fsp3) is 0.0769. The zero-order chi connectivity index (χ0) is 23.3. The fourth-order valence-corrected chi connectivity index (χ4v) is 3.66. The Kier molecular flexibility index (Phi) is 5.85. The molecular formula is C26H21N5O3. The molecule has 0 unspecified atom stereocenters. The van der Waals surface area contributed by atoms with E-state index in [9.17, 15) is 9.59 Å². The molecule has 0 aliphatic rings. The first-order valence-corrected chi connectivity index (χ1v) is 10.8. The average Bonchev–Trinajstić information content (AvgIpc) is 3.39. The van der Waals surface area contributed by atoms with Crippen molar-refractivity contribution in [1.82, 2.24) is 19.3 Å². The summed E-state index contributed by atoms with van der Waals surface area (Å²) in [6, 6.07) is 23.2. The summed E-state index contributed by atoms with van der Waals surface area (Å²) in [7, 11) is 0. The number of ether oxygens (including phenoxy) is 1. The Bertz CT molecular complexity index is 1490. The highest BCUT2D eigenvalue weighted by atomic mass is 16.5. The lowest BCUT2D eigenvalue weighted by Gasteiger charge is -2.14. The molecule has 8 heteroatoms. The Hall–Kier alpha value is -4.72. The molecule has 5 aromatic rings. The molecular weight excluding hydrogens is 430 g/mol. The molecule has 1 amide bonds. The van der Waals surface area contributed by atoms with Gasteiger partial charge in [0.05, 0.1) is 29.6 Å². The van der Waals surface area contributed by atoms with E-state index in [0.717, 1.165) is 0 Å². The number of carbonyl (C=O) groups is 1. The van der Waals surface area contributed by atoms with Crippen molar-refractivity contribution in [1.29, 1.82) is 0 Å². The van der Waals surface area contributed by atoms with Crippen molar-refractivity contribution >= 4 is 22.4 Å². The molecule has 0 saturated heterocycles. The van der Waals surface area contributed by atoms with Crippen LogP contribution in [0.5, 0.6) is 5.75 Å². The van der Waals surface area contributed by atoms with Crippen LogP contribution in [0.4, 0.5) is 5.69 Å². The molecule has 0 aliphatic heterocycles. The van der Waals surface area contributed by atoms with Gasteiger partial charge in [-0.25, -0.2) is 4.98 Å². The summed E-state index contributed by atoms with van der Waals surface area (Å²) in [4.78, 5) is 30.5. The van der Waals surface area contributed by atoms with Gasteiger partial charge >= 0.3 is 0 Å². The smallest absolute Gasteiger partial charge is 0.279 e. The number of imidazole rings is 1. The maximum absolute atomic E-state index is 13.4. The van der Waals surface area contributed by atoms with E-state index in [-0.39, 0.29) is 11.3 Å². The lowest BCUT2D eigenvalue weighted by molar-refractivity contribution is 0.102. The summed E-state index contributed by atoms with van der Waals surface area (Å²) in [5, 5.41) is 8.23. The first-order chi connectivity index (χ1) is 16.7. The third-order valence-corrected chi connectivity index (χ3v) is 5.32. The Morgan fingerprint density at radius 3 is 2.44 bits per heavy atom. The number of fused-ring (bicyclic) bond motifs is 1. The lowest BCUT2D eigenvalue weighted by Crippen LogP contribution is -2.26. The Balaban J connectivity index is 1.47. The molecule has 2 aromatic heterocycles. The minimum atomic E-state index is -0.438. The summed E-state index contributed by atoms with van der Waals surface area (Å²) < 4.78 is 9.07. The number of hydrogen-bond acceptors (Lipinski definition) is 5. The number of aromatic nitrogens is 4. The summed E-state index contributed by atoms with van der Waals surface area (Å²) in [5.74, 6) is 0.100. The number of para-hydroxylation sites is 3. The van der Waals surface area contributed by atoms with Crippen LogP contribution in [0, 0.1) is 0 Å². The maximum atomic E-state index is 13.4. The minimum Gasteiger partial charge on any atom is -0.490 e. The maximum Gasteiger partial charge on any atom is 0.279 e. The molecule has 8 nitrogen and oxygen atoms in total. The van der Waals surface area contributed by atoms with Crippen LogP contribution in [-0.4, -0.2) is 31.8 Å². The standard InChI is InChI=1S/C26H21N5O3/c32-25(28-22-12-6-7-13-23(22)34-17-16-30-15-14-27-18-30)24-20-10-4-5-11-21(20)26(33)31(29-24)19-8-2-1-3-9-19/h1-15,18H,16-17H2,(H,28,32). The summed E-state index contributed by atoms with van der Waals surface area (Å²) >= 11 is 0.